The maximum Gasteiger partial charge on any atom is 0.142 e. The Morgan fingerprint density at radius 3 is 2.71 bits per heavy atom. The van der Waals surface area contributed by atoms with Crippen LogP contribution in [0.2, 0.25) is 0 Å². The fourth-order valence-corrected chi connectivity index (χ4v) is 2.04. The van der Waals surface area contributed by atoms with Crippen LogP contribution in [0.1, 0.15) is 18.0 Å². The lowest BCUT2D eigenvalue weighted by Gasteiger charge is -2.15. The number of aliphatic imine (C=N–C) groups is 1. The van der Waals surface area contributed by atoms with Gasteiger partial charge in [0.25, 0.3) is 0 Å². The minimum atomic E-state index is 0. The van der Waals surface area contributed by atoms with Gasteiger partial charge in [0.1, 0.15) is 10.7 Å². The molecule has 0 saturated carbocycles. The van der Waals surface area contributed by atoms with Gasteiger partial charge < -0.3 is 0 Å². The van der Waals surface area contributed by atoms with Gasteiger partial charge in [-0.25, -0.2) is 9.98 Å². The van der Waals surface area contributed by atoms with Crippen molar-refractivity contribution in [1.29, 1.82) is 0 Å². The molecule has 14 heavy (non-hydrogen) atoms. The zero-order valence-electron chi connectivity index (χ0n) is 6.77. The molecule has 0 fully saturated rings. The molecule has 2 heterocycles. The molecule has 3 heteroatoms. The Kier molecular flexibility index (Phi) is 2.17. The van der Waals surface area contributed by atoms with Crippen molar-refractivity contribution in [3.8, 4) is 0 Å². The predicted molar refractivity (Wildman–Crippen MR) is 60.6 cm³/mol. The normalized spacial score (nSPS) is 12.1. The van der Waals surface area contributed by atoms with E-state index in [4.69, 9.17) is 0 Å². The third-order valence-electron chi connectivity index (χ3n) is 2.03. The molecule has 0 N–H and O–H groups in total. The van der Waals surface area contributed by atoms with Crippen LogP contribution in [-0.4, -0.2) is 10.7 Å². The van der Waals surface area contributed by atoms with E-state index in [1.165, 1.54) is 5.56 Å². The largest absolute Gasteiger partial charge is 0.244 e. The first-order chi connectivity index (χ1) is 6.45. The predicted octanol–water partition coefficient (Wildman–Crippen LogP) is 3.26. The zero-order valence-corrected chi connectivity index (χ0v) is 7.58. The number of thiazole rings is 1. The molecule has 0 saturated heterocycles. The first-order valence-electron chi connectivity index (χ1n) is 4.03. The number of aromatic nitrogens is 1. The number of fused-ring (bicyclic) bond motifs is 1. The van der Waals surface area contributed by atoms with Crippen molar-refractivity contribution in [2.75, 3.05) is 0 Å². The summed E-state index contributed by atoms with van der Waals surface area (Å²) in [5.74, 6) is 0. The van der Waals surface area contributed by atoms with Gasteiger partial charge in [0.05, 0.1) is 5.69 Å². The molecule has 2 nitrogen and oxygen atoms in total. The summed E-state index contributed by atoms with van der Waals surface area (Å²) >= 11 is 1.63. The highest BCUT2D eigenvalue weighted by molar-refractivity contribution is 7.12. The molecule has 0 atom stereocenters. The number of benzene rings is 1. The second-order valence-corrected chi connectivity index (χ2v) is 3.71. The van der Waals surface area contributed by atoms with Crippen molar-refractivity contribution in [2.24, 2.45) is 4.99 Å². The number of hydrogen-bond donors (Lipinski definition) is 0. The Hall–Kier alpha value is -1.48. The molecule has 0 spiro atoms. The number of rotatable bonds is 1. The van der Waals surface area contributed by atoms with Gasteiger partial charge in [-0.3, -0.25) is 0 Å². The van der Waals surface area contributed by atoms with Gasteiger partial charge in [0.15, 0.2) is 0 Å². The summed E-state index contributed by atoms with van der Waals surface area (Å²) in [4.78, 5) is 8.62. The summed E-state index contributed by atoms with van der Waals surface area (Å²) in [6.07, 6.45) is 1.81. The summed E-state index contributed by atoms with van der Waals surface area (Å²) in [7, 11) is 0. The number of para-hydroxylation sites is 1. The van der Waals surface area contributed by atoms with Crippen LogP contribution in [-0.2, 0) is 0 Å². The first kappa shape index (κ1) is 9.09. The minimum absolute atomic E-state index is 0. The van der Waals surface area contributed by atoms with Crippen LogP contribution in [0.4, 0.5) is 5.69 Å². The van der Waals surface area contributed by atoms with Crippen LogP contribution in [0.15, 0.2) is 40.8 Å². The smallest absolute Gasteiger partial charge is 0.142 e. The minimum Gasteiger partial charge on any atom is -0.244 e. The molecule has 0 aliphatic carbocycles. The molecule has 0 unspecified atom stereocenters. The summed E-state index contributed by atoms with van der Waals surface area (Å²) < 4.78 is 0. The van der Waals surface area contributed by atoms with Crippen molar-refractivity contribution in [3.63, 3.8) is 0 Å². The Morgan fingerprint density at radius 2 is 2.00 bits per heavy atom. The first-order valence-corrected chi connectivity index (χ1v) is 4.91. The van der Waals surface area contributed by atoms with E-state index in [2.05, 4.69) is 16.0 Å². The second kappa shape index (κ2) is 3.35. The van der Waals surface area contributed by atoms with Crippen molar-refractivity contribution in [1.82, 2.24) is 4.98 Å². The fourth-order valence-electron chi connectivity index (χ4n) is 1.40. The molecular formula is C11H10N2S. The van der Waals surface area contributed by atoms with Crippen molar-refractivity contribution >= 4 is 22.7 Å². The standard InChI is InChI=1S/C10H6N2S.CH4/c1-2-4-8-7(3-1)9(12-8)10-11-5-6-13-10;/h1-6H;1H4. The molecule has 1 aromatic heterocycles. The van der Waals surface area contributed by atoms with Crippen LogP contribution in [0.25, 0.3) is 0 Å². The summed E-state index contributed by atoms with van der Waals surface area (Å²) in [5, 5.41) is 2.98. The SMILES string of the molecule is C.c1ccc2c(c1)N=C2c1nccs1. The van der Waals surface area contributed by atoms with E-state index in [1.54, 1.807) is 11.3 Å². The maximum atomic E-state index is 4.39. The highest BCUT2D eigenvalue weighted by Gasteiger charge is 2.20. The highest BCUT2D eigenvalue weighted by Crippen LogP contribution is 2.32. The van der Waals surface area contributed by atoms with E-state index < -0.39 is 0 Å². The van der Waals surface area contributed by atoms with Gasteiger partial charge in [-0.2, -0.15) is 0 Å². The zero-order chi connectivity index (χ0) is 8.67. The molecule has 70 valence electrons. The molecule has 0 radical (unpaired) electrons. The Morgan fingerprint density at radius 1 is 1.14 bits per heavy atom. The summed E-state index contributed by atoms with van der Waals surface area (Å²) in [6, 6.07) is 8.13. The summed E-state index contributed by atoms with van der Waals surface area (Å²) in [5.41, 5.74) is 3.33. The molecule has 1 aliphatic heterocycles. The van der Waals surface area contributed by atoms with E-state index in [0.717, 1.165) is 16.4 Å². The van der Waals surface area contributed by atoms with Crippen LogP contribution in [0.5, 0.6) is 0 Å². The van der Waals surface area contributed by atoms with E-state index in [9.17, 15) is 0 Å². The maximum absolute atomic E-state index is 4.39. The molecular weight excluding hydrogens is 192 g/mol. The molecule has 0 amide bonds. The fraction of sp³-hybridized carbons (Fsp3) is 0.0909. The molecule has 1 aliphatic rings. The topological polar surface area (TPSA) is 25.2 Å². The lowest BCUT2D eigenvalue weighted by Crippen LogP contribution is -2.09. The lowest BCUT2D eigenvalue weighted by molar-refractivity contribution is 1.33. The van der Waals surface area contributed by atoms with Crippen molar-refractivity contribution in [2.45, 2.75) is 7.43 Å². The number of nitrogens with zero attached hydrogens (tertiary/aromatic N) is 2. The Labute approximate surface area is 87.0 Å². The van der Waals surface area contributed by atoms with Crippen molar-refractivity contribution < 1.29 is 0 Å². The van der Waals surface area contributed by atoms with E-state index in [-0.39, 0.29) is 7.43 Å². The van der Waals surface area contributed by atoms with Gasteiger partial charge in [-0.05, 0) is 6.07 Å². The molecule has 2 aromatic rings. The average molecular weight is 202 g/mol. The molecule has 1 aromatic carbocycles. The quantitative estimate of drug-likeness (QED) is 0.594. The Bertz CT molecular complexity index is 472. The Balaban J connectivity index is 0.000000750. The van der Waals surface area contributed by atoms with E-state index in [0.29, 0.717) is 0 Å². The van der Waals surface area contributed by atoms with Crippen molar-refractivity contribution in [3.05, 3.63) is 46.4 Å². The lowest BCUT2D eigenvalue weighted by atomic mass is 10.0. The highest BCUT2D eigenvalue weighted by atomic mass is 32.1. The third-order valence-corrected chi connectivity index (χ3v) is 2.81. The van der Waals surface area contributed by atoms with Crippen LogP contribution >= 0.6 is 11.3 Å². The van der Waals surface area contributed by atoms with Gasteiger partial charge in [0, 0.05) is 17.1 Å². The van der Waals surface area contributed by atoms with Crippen LogP contribution < -0.4 is 0 Å². The van der Waals surface area contributed by atoms with E-state index >= 15 is 0 Å². The molecule has 0 bridgehead atoms. The van der Waals surface area contributed by atoms with Gasteiger partial charge in [0.2, 0.25) is 0 Å². The van der Waals surface area contributed by atoms with Gasteiger partial charge in [-0.1, -0.05) is 25.6 Å². The third kappa shape index (κ3) is 1.17. The molecule has 3 rings (SSSR count). The summed E-state index contributed by atoms with van der Waals surface area (Å²) in [6.45, 7) is 0. The van der Waals surface area contributed by atoms with Crippen LogP contribution in [0, 0.1) is 0 Å². The number of hydrogen-bond acceptors (Lipinski definition) is 3. The van der Waals surface area contributed by atoms with Gasteiger partial charge >= 0.3 is 0 Å². The second-order valence-electron chi connectivity index (χ2n) is 2.81. The van der Waals surface area contributed by atoms with Gasteiger partial charge in [-0.15, -0.1) is 11.3 Å². The monoisotopic (exact) mass is 202 g/mol. The average Bonchev–Trinajstić information content (AvgIpc) is 2.60. The van der Waals surface area contributed by atoms with E-state index in [1.807, 2.05) is 29.8 Å². The van der Waals surface area contributed by atoms with Crippen LogP contribution in [0.3, 0.4) is 0 Å².